The summed E-state index contributed by atoms with van der Waals surface area (Å²) < 4.78 is 0. The molecule has 53 heavy (non-hydrogen) atoms. The van der Waals surface area contributed by atoms with Crippen LogP contribution in [-0.4, -0.2) is 5.71 Å². The van der Waals surface area contributed by atoms with Gasteiger partial charge in [-0.15, -0.1) is 0 Å². The third kappa shape index (κ3) is 6.25. The lowest BCUT2D eigenvalue weighted by molar-refractivity contribution is 0.655. The normalized spacial score (nSPS) is 15.4. The molecule has 0 fully saturated rings. The number of benzene rings is 6. The van der Waals surface area contributed by atoms with Crippen LogP contribution in [0.25, 0.3) is 37.9 Å². The predicted molar refractivity (Wildman–Crippen MR) is 231 cm³/mol. The second-order valence-corrected chi connectivity index (χ2v) is 15.4. The predicted octanol–water partition coefficient (Wildman–Crippen LogP) is 14.8. The molecule has 8 rings (SSSR count). The molecule has 0 N–H and O–H groups in total. The van der Waals surface area contributed by atoms with Crippen molar-refractivity contribution in [1.82, 2.24) is 0 Å². The van der Waals surface area contributed by atoms with E-state index in [2.05, 4.69) is 177 Å². The van der Waals surface area contributed by atoms with E-state index >= 15 is 0 Å². The van der Waals surface area contributed by atoms with Crippen molar-refractivity contribution < 1.29 is 0 Å². The van der Waals surface area contributed by atoms with Gasteiger partial charge in [0, 0.05) is 11.0 Å². The molecule has 1 heteroatoms. The molecule has 1 unspecified atom stereocenters. The van der Waals surface area contributed by atoms with Crippen molar-refractivity contribution in [2.45, 2.75) is 86.5 Å². The molecule has 0 saturated carbocycles. The fraction of sp³-hybridized carbons (Fsp3) is 0.250. The molecule has 0 spiro atoms. The summed E-state index contributed by atoms with van der Waals surface area (Å²) in [6, 6.07) is 37.2. The van der Waals surface area contributed by atoms with Crippen LogP contribution < -0.4 is 0 Å². The lowest BCUT2D eigenvalue weighted by atomic mass is 9.79. The van der Waals surface area contributed by atoms with E-state index in [0.717, 1.165) is 24.2 Å². The van der Waals surface area contributed by atoms with E-state index in [1.54, 1.807) is 0 Å². The Bertz CT molecular complexity index is 2610. The van der Waals surface area contributed by atoms with Gasteiger partial charge in [0.05, 0.1) is 11.4 Å². The van der Waals surface area contributed by atoms with Crippen molar-refractivity contribution in [3.63, 3.8) is 0 Å². The highest BCUT2D eigenvalue weighted by Gasteiger charge is 2.38. The van der Waals surface area contributed by atoms with Crippen molar-refractivity contribution in [3.05, 3.63) is 177 Å². The maximum absolute atomic E-state index is 4.96. The van der Waals surface area contributed by atoms with Crippen LogP contribution in [0.1, 0.15) is 101 Å². The van der Waals surface area contributed by atoms with Gasteiger partial charge in [-0.2, -0.15) is 0 Å². The first-order valence-corrected chi connectivity index (χ1v) is 19.3. The first kappa shape index (κ1) is 35.9. The Hall–Kier alpha value is -5.45. The third-order valence-corrected chi connectivity index (χ3v) is 11.9. The van der Waals surface area contributed by atoms with Crippen LogP contribution >= 0.6 is 0 Å². The smallest absolute Gasteiger partial charge is 0.0737 e. The molecule has 0 aromatic heterocycles. The highest BCUT2D eigenvalue weighted by Crippen LogP contribution is 2.53. The molecule has 1 atom stereocenters. The van der Waals surface area contributed by atoms with E-state index < -0.39 is 0 Å². The van der Waals surface area contributed by atoms with Crippen molar-refractivity contribution >= 4 is 49.3 Å². The molecule has 264 valence electrons. The summed E-state index contributed by atoms with van der Waals surface area (Å²) in [7, 11) is 0. The lowest BCUT2D eigenvalue weighted by Gasteiger charge is -2.24. The largest absolute Gasteiger partial charge is 0.248 e. The summed E-state index contributed by atoms with van der Waals surface area (Å²) in [5.74, 6) is 0.516. The zero-order valence-corrected chi connectivity index (χ0v) is 32.9. The van der Waals surface area contributed by atoms with Crippen molar-refractivity contribution in [2.75, 3.05) is 0 Å². The van der Waals surface area contributed by atoms with E-state index in [1.165, 1.54) is 88.0 Å². The minimum atomic E-state index is -0.0351. The standard InChI is InChI=1S/C32H28.C20H23N/c1-6-19(2)21-13-10-15-25-29(21)28-20(3)11-9-14-22(28)23-17-18-27-31(30(23)25)24-12-7-8-16-26(24)32(27,4)5;1-5-15(2)17(4)20(18-12-7-6-8-13-18)21-19-14-10-9-11-16(19)3/h9-19H,6H2,1-5H3;6-14H,5H2,1-4H3/b;17-15-,21-20?. The second kappa shape index (κ2) is 14.5. The molecule has 1 nitrogen and oxygen atoms in total. The highest BCUT2D eigenvalue weighted by molar-refractivity contribution is 6.29. The van der Waals surface area contributed by atoms with Crippen LogP contribution in [0.5, 0.6) is 0 Å². The van der Waals surface area contributed by atoms with E-state index in [9.17, 15) is 0 Å². The van der Waals surface area contributed by atoms with Crippen molar-refractivity contribution in [1.29, 1.82) is 0 Å². The SMILES string of the molecule is CC/C(C)=C(/C)C(=Nc1ccccc1C)c1ccccc1.CCC(C)c1cccc2c3c4c(ccc3c3cccc(C)c3c12)C(C)(C)C1=C4C=C=C=C1. The summed E-state index contributed by atoms with van der Waals surface area (Å²) >= 11 is 0. The summed E-state index contributed by atoms with van der Waals surface area (Å²) in [6.45, 7) is 20.3. The average molecular weight is 690 g/mol. The Balaban J connectivity index is 0.000000181. The van der Waals surface area contributed by atoms with Gasteiger partial charge in [-0.25, -0.2) is 4.99 Å². The van der Waals surface area contributed by atoms with Gasteiger partial charge >= 0.3 is 0 Å². The van der Waals surface area contributed by atoms with Crippen molar-refractivity contribution in [3.8, 4) is 0 Å². The Kier molecular flexibility index (Phi) is 9.85. The minimum absolute atomic E-state index is 0.0351. The molecule has 0 aliphatic heterocycles. The molecule has 0 amide bonds. The lowest BCUT2D eigenvalue weighted by Crippen LogP contribution is -2.16. The molecule has 6 aromatic carbocycles. The highest BCUT2D eigenvalue weighted by atomic mass is 14.8. The van der Waals surface area contributed by atoms with Gasteiger partial charge < -0.3 is 0 Å². The van der Waals surface area contributed by atoms with Gasteiger partial charge in [0.15, 0.2) is 0 Å². The average Bonchev–Trinajstić information content (AvgIpc) is 3.43. The molecular formula is C52H51N. The van der Waals surface area contributed by atoms with Crippen LogP contribution in [0, 0.1) is 13.8 Å². The Morgan fingerprint density at radius 1 is 0.679 bits per heavy atom. The fourth-order valence-corrected chi connectivity index (χ4v) is 8.31. The molecule has 0 heterocycles. The Morgan fingerprint density at radius 2 is 1.34 bits per heavy atom. The number of fused-ring (bicyclic) bond motifs is 9. The number of nitrogens with zero attached hydrogens (tertiary/aromatic N) is 1. The zero-order valence-electron chi connectivity index (χ0n) is 32.9. The van der Waals surface area contributed by atoms with Crippen LogP contribution in [0.3, 0.4) is 0 Å². The van der Waals surface area contributed by atoms with Gasteiger partial charge in [0.1, 0.15) is 0 Å². The summed E-state index contributed by atoms with van der Waals surface area (Å²) in [5, 5.41) is 8.35. The van der Waals surface area contributed by atoms with Crippen LogP contribution in [0.2, 0.25) is 0 Å². The molecular weight excluding hydrogens is 639 g/mol. The Morgan fingerprint density at radius 3 is 2.08 bits per heavy atom. The number of para-hydroxylation sites is 1. The van der Waals surface area contributed by atoms with Crippen LogP contribution in [0.15, 0.2) is 148 Å². The molecule has 0 radical (unpaired) electrons. The molecule has 2 aliphatic carbocycles. The Labute approximate surface area is 316 Å². The molecule has 2 aliphatic rings. The van der Waals surface area contributed by atoms with Crippen LogP contribution in [-0.2, 0) is 5.41 Å². The van der Waals surface area contributed by atoms with E-state index in [0.29, 0.717) is 5.92 Å². The van der Waals surface area contributed by atoms with Crippen LogP contribution in [0.4, 0.5) is 5.69 Å². The number of hydrogen-bond acceptors (Lipinski definition) is 1. The maximum atomic E-state index is 4.96. The van der Waals surface area contributed by atoms with Gasteiger partial charge in [0.2, 0.25) is 0 Å². The first-order valence-electron chi connectivity index (χ1n) is 19.3. The minimum Gasteiger partial charge on any atom is -0.248 e. The maximum Gasteiger partial charge on any atom is 0.0737 e. The second-order valence-electron chi connectivity index (χ2n) is 15.4. The number of aryl methyl sites for hydroxylation is 2. The van der Waals surface area contributed by atoms with Gasteiger partial charge in [0.25, 0.3) is 0 Å². The molecule has 0 saturated heterocycles. The van der Waals surface area contributed by atoms with Crippen molar-refractivity contribution in [2.24, 2.45) is 4.99 Å². The third-order valence-electron chi connectivity index (χ3n) is 11.9. The summed E-state index contributed by atoms with van der Waals surface area (Å²) in [6.07, 6.45) is 6.47. The molecule has 6 aromatic rings. The van der Waals surface area contributed by atoms with E-state index in [1.807, 2.05) is 12.1 Å². The molecule has 0 bridgehead atoms. The van der Waals surface area contributed by atoms with Gasteiger partial charge in [-0.3, -0.25) is 0 Å². The van der Waals surface area contributed by atoms with Gasteiger partial charge in [-0.05, 0) is 142 Å². The fourth-order valence-electron chi connectivity index (χ4n) is 8.31. The van der Waals surface area contributed by atoms with E-state index in [-0.39, 0.29) is 5.41 Å². The number of aliphatic imine (C=N–C) groups is 1. The topological polar surface area (TPSA) is 12.4 Å². The van der Waals surface area contributed by atoms with E-state index in [4.69, 9.17) is 4.99 Å². The number of rotatable bonds is 6. The number of allylic oxidation sites excluding steroid dienone is 6. The monoisotopic (exact) mass is 689 g/mol. The summed E-state index contributed by atoms with van der Waals surface area (Å²) in [4.78, 5) is 4.96. The van der Waals surface area contributed by atoms with Gasteiger partial charge in [-0.1, -0.05) is 149 Å². The first-order chi connectivity index (χ1) is 25.6. The zero-order chi connectivity index (χ0) is 37.4. The number of hydrogen-bond donors (Lipinski definition) is 0. The quantitative estimate of drug-likeness (QED) is 0.0938. The summed E-state index contributed by atoms with van der Waals surface area (Å²) in [5.41, 5.74) is 21.9.